The van der Waals surface area contributed by atoms with E-state index < -0.39 is 5.97 Å². The van der Waals surface area contributed by atoms with Crippen molar-refractivity contribution >= 4 is 5.97 Å². The van der Waals surface area contributed by atoms with Gasteiger partial charge >= 0.3 is 5.97 Å². The third kappa shape index (κ3) is 4.61. The van der Waals surface area contributed by atoms with Crippen molar-refractivity contribution in [1.82, 2.24) is 4.90 Å². The Morgan fingerprint density at radius 1 is 1.47 bits per heavy atom. The van der Waals surface area contributed by atoms with Crippen LogP contribution in [0.1, 0.15) is 43.3 Å². The zero-order valence-electron chi connectivity index (χ0n) is 11.0. The number of carbonyl (C=O) groups is 1. The summed E-state index contributed by atoms with van der Waals surface area (Å²) in [6.07, 6.45) is 2.50. The summed E-state index contributed by atoms with van der Waals surface area (Å²) in [6, 6.07) is 1.72. The van der Waals surface area contributed by atoms with Crippen LogP contribution in [0.4, 0.5) is 0 Å². The van der Waals surface area contributed by atoms with Gasteiger partial charge in [0.25, 0.3) is 0 Å². The van der Waals surface area contributed by atoms with Crippen LogP contribution in [0.25, 0.3) is 0 Å². The van der Waals surface area contributed by atoms with E-state index in [2.05, 4.69) is 25.7 Å². The Morgan fingerprint density at radius 2 is 2.12 bits per heavy atom. The van der Waals surface area contributed by atoms with E-state index in [4.69, 9.17) is 9.52 Å². The quantitative estimate of drug-likeness (QED) is 0.858. The standard InChI is InChI=1S/C13H21NO3/c1-13(2,3)6-7-14(4)9-10-5-8-17-11(10)12(15)16/h5,8H,6-7,9H2,1-4H3,(H,15,16). The summed E-state index contributed by atoms with van der Waals surface area (Å²) in [5, 5.41) is 8.91. The summed E-state index contributed by atoms with van der Waals surface area (Å²) in [7, 11) is 1.99. The molecule has 0 spiro atoms. The van der Waals surface area contributed by atoms with Gasteiger partial charge in [0.2, 0.25) is 5.76 Å². The van der Waals surface area contributed by atoms with E-state index in [-0.39, 0.29) is 5.76 Å². The number of hydrogen-bond acceptors (Lipinski definition) is 3. The van der Waals surface area contributed by atoms with E-state index in [1.165, 1.54) is 6.26 Å². The molecular weight excluding hydrogens is 218 g/mol. The number of rotatable bonds is 5. The summed E-state index contributed by atoms with van der Waals surface area (Å²) < 4.78 is 4.95. The molecule has 0 aliphatic heterocycles. The Balaban J connectivity index is 2.53. The summed E-state index contributed by atoms with van der Waals surface area (Å²) in [5.41, 5.74) is 1.02. The van der Waals surface area contributed by atoms with Crippen LogP contribution in [0.3, 0.4) is 0 Å². The van der Waals surface area contributed by atoms with Gasteiger partial charge in [-0.2, -0.15) is 0 Å². The molecule has 17 heavy (non-hydrogen) atoms. The zero-order chi connectivity index (χ0) is 13.1. The predicted octanol–water partition coefficient (Wildman–Crippen LogP) is 2.85. The molecule has 0 saturated carbocycles. The highest BCUT2D eigenvalue weighted by Gasteiger charge is 2.16. The zero-order valence-corrected chi connectivity index (χ0v) is 11.0. The van der Waals surface area contributed by atoms with E-state index in [0.29, 0.717) is 12.0 Å². The van der Waals surface area contributed by atoms with Crippen molar-refractivity contribution in [1.29, 1.82) is 0 Å². The first kappa shape index (κ1) is 13.8. The molecule has 0 saturated heterocycles. The van der Waals surface area contributed by atoms with Crippen molar-refractivity contribution in [2.75, 3.05) is 13.6 Å². The fourth-order valence-corrected chi connectivity index (χ4v) is 1.54. The molecule has 1 heterocycles. The van der Waals surface area contributed by atoms with E-state index in [1.54, 1.807) is 6.07 Å². The third-order valence-corrected chi connectivity index (χ3v) is 2.62. The monoisotopic (exact) mass is 239 g/mol. The average molecular weight is 239 g/mol. The lowest BCUT2D eigenvalue weighted by Crippen LogP contribution is -2.23. The first-order chi connectivity index (χ1) is 7.79. The van der Waals surface area contributed by atoms with Gasteiger partial charge in [0.05, 0.1) is 6.26 Å². The molecule has 0 amide bonds. The number of furan rings is 1. The van der Waals surface area contributed by atoms with Crippen molar-refractivity contribution in [2.45, 2.75) is 33.7 Å². The lowest BCUT2D eigenvalue weighted by molar-refractivity contribution is 0.0659. The molecule has 0 bridgehead atoms. The van der Waals surface area contributed by atoms with E-state index >= 15 is 0 Å². The topological polar surface area (TPSA) is 53.7 Å². The molecule has 1 N–H and O–H groups in total. The van der Waals surface area contributed by atoms with Crippen molar-refractivity contribution in [3.63, 3.8) is 0 Å². The highest BCUT2D eigenvalue weighted by molar-refractivity contribution is 5.86. The normalized spacial score (nSPS) is 12.1. The third-order valence-electron chi connectivity index (χ3n) is 2.62. The molecule has 0 aliphatic carbocycles. The highest BCUT2D eigenvalue weighted by Crippen LogP contribution is 2.19. The van der Waals surface area contributed by atoms with Crippen LogP contribution in [-0.4, -0.2) is 29.6 Å². The molecule has 0 aliphatic rings. The lowest BCUT2D eigenvalue weighted by atomic mass is 9.92. The second kappa shape index (κ2) is 5.36. The smallest absolute Gasteiger partial charge is 0.372 e. The van der Waals surface area contributed by atoms with Crippen LogP contribution >= 0.6 is 0 Å². The number of carboxylic acid groups (broad SMARTS) is 1. The Kier molecular flexibility index (Phi) is 4.34. The molecule has 0 radical (unpaired) electrons. The summed E-state index contributed by atoms with van der Waals surface area (Å²) in [5.74, 6) is -0.957. The maximum Gasteiger partial charge on any atom is 0.372 e. The molecule has 1 aromatic rings. The maximum absolute atomic E-state index is 10.9. The van der Waals surface area contributed by atoms with E-state index in [9.17, 15) is 4.79 Å². The Labute approximate surface area is 102 Å². The van der Waals surface area contributed by atoms with E-state index in [0.717, 1.165) is 18.5 Å². The second-order valence-electron chi connectivity index (χ2n) is 5.63. The Bertz CT molecular complexity index is 376. The molecule has 96 valence electrons. The minimum Gasteiger partial charge on any atom is -0.475 e. The number of hydrogen-bond donors (Lipinski definition) is 1. The molecule has 1 aromatic heterocycles. The Morgan fingerprint density at radius 3 is 2.65 bits per heavy atom. The predicted molar refractivity (Wildman–Crippen MR) is 66.1 cm³/mol. The molecular formula is C13H21NO3. The van der Waals surface area contributed by atoms with Crippen molar-refractivity contribution in [2.24, 2.45) is 5.41 Å². The number of aromatic carboxylic acids is 1. The molecule has 0 aromatic carbocycles. The van der Waals surface area contributed by atoms with Gasteiger partial charge < -0.3 is 14.4 Å². The van der Waals surface area contributed by atoms with Crippen LogP contribution in [0.2, 0.25) is 0 Å². The fourth-order valence-electron chi connectivity index (χ4n) is 1.54. The number of carboxylic acids is 1. The first-order valence-corrected chi connectivity index (χ1v) is 5.78. The van der Waals surface area contributed by atoms with Crippen LogP contribution in [-0.2, 0) is 6.54 Å². The molecule has 0 atom stereocenters. The molecule has 1 rings (SSSR count). The van der Waals surface area contributed by atoms with Gasteiger partial charge in [0, 0.05) is 12.1 Å². The summed E-state index contributed by atoms with van der Waals surface area (Å²) in [4.78, 5) is 13.0. The SMILES string of the molecule is CN(CCC(C)(C)C)Cc1ccoc1C(=O)O. The highest BCUT2D eigenvalue weighted by atomic mass is 16.4. The first-order valence-electron chi connectivity index (χ1n) is 5.78. The molecule has 0 unspecified atom stereocenters. The van der Waals surface area contributed by atoms with Gasteiger partial charge in [-0.1, -0.05) is 20.8 Å². The van der Waals surface area contributed by atoms with Gasteiger partial charge in [-0.25, -0.2) is 4.79 Å². The van der Waals surface area contributed by atoms with Crippen molar-refractivity contribution in [3.8, 4) is 0 Å². The lowest BCUT2D eigenvalue weighted by Gasteiger charge is -2.23. The molecule has 4 nitrogen and oxygen atoms in total. The largest absolute Gasteiger partial charge is 0.475 e. The van der Waals surface area contributed by atoms with Gasteiger partial charge in [0.15, 0.2) is 0 Å². The Hall–Kier alpha value is -1.29. The van der Waals surface area contributed by atoms with Crippen LogP contribution in [0, 0.1) is 5.41 Å². The van der Waals surface area contributed by atoms with Crippen LogP contribution in [0.5, 0.6) is 0 Å². The fraction of sp³-hybridized carbons (Fsp3) is 0.615. The summed E-state index contributed by atoms with van der Waals surface area (Å²) >= 11 is 0. The van der Waals surface area contributed by atoms with Gasteiger partial charge in [0.1, 0.15) is 0 Å². The van der Waals surface area contributed by atoms with E-state index in [1.807, 2.05) is 7.05 Å². The van der Waals surface area contributed by atoms with Crippen molar-refractivity contribution < 1.29 is 14.3 Å². The van der Waals surface area contributed by atoms with Gasteiger partial charge in [-0.3, -0.25) is 0 Å². The van der Waals surface area contributed by atoms with Gasteiger partial charge in [-0.05, 0) is 31.5 Å². The molecule has 4 heteroatoms. The second-order valence-corrected chi connectivity index (χ2v) is 5.63. The average Bonchev–Trinajstić information content (AvgIpc) is 2.62. The minimum absolute atomic E-state index is 0.0487. The minimum atomic E-state index is -1.01. The maximum atomic E-state index is 10.9. The number of nitrogens with zero attached hydrogens (tertiary/aromatic N) is 1. The van der Waals surface area contributed by atoms with Gasteiger partial charge in [-0.15, -0.1) is 0 Å². The molecule has 0 fully saturated rings. The van der Waals surface area contributed by atoms with Crippen molar-refractivity contribution in [3.05, 3.63) is 23.7 Å². The summed E-state index contributed by atoms with van der Waals surface area (Å²) in [6.45, 7) is 8.13. The van der Waals surface area contributed by atoms with Crippen LogP contribution in [0.15, 0.2) is 16.7 Å². The van der Waals surface area contributed by atoms with Crippen LogP contribution < -0.4 is 0 Å².